The maximum atomic E-state index is 13.3. The molecule has 0 aliphatic carbocycles. The molecule has 0 bridgehead atoms. The van der Waals surface area contributed by atoms with Gasteiger partial charge >= 0.3 is 12.3 Å². The molecule has 0 N–H and O–H groups in total. The summed E-state index contributed by atoms with van der Waals surface area (Å²) in [6.45, 7) is 1.36. The highest BCUT2D eigenvalue weighted by molar-refractivity contribution is 7.98. The van der Waals surface area contributed by atoms with Crippen molar-refractivity contribution in [2.45, 2.75) is 24.3 Å². The number of halogens is 4. The van der Waals surface area contributed by atoms with Crippen LogP contribution in [0.4, 0.5) is 23.9 Å². The number of ether oxygens (including phenoxy) is 3. The fourth-order valence-corrected chi connectivity index (χ4v) is 3.24. The van der Waals surface area contributed by atoms with Crippen LogP contribution in [-0.4, -0.2) is 51.9 Å². The van der Waals surface area contributed by atoms with Crippen LogP contribution in [-0.2, 0) is 27.4 Å². The molecule has 1 heterocycles. The standard InChI is InChI=1S/C15H15ClF3N5O4S/c1-7(28-14(25)26-3)27-12(20-13-21-22-23-24(13)2)8-5-6-9(15(17,18)19)11(29-4)10(8)16/h5-7H,1-4H3. The van der Waals surface area contributed by atoms with Gasteiger partial charge in [0.15, 0.2) is 0 Å². The second-order valence-electron chi connectivity index (χ2n) is 5.28. The Hall–Kier alpha value is -2.54. The minimum absolute atomic E-state index is 0.0207. The maximum Gasteiger partial charge on any atom is 0.511 e. The number of rotatable bonds is 5. The van der Waals surface area contributed by atoms with E-state index in [2.05, 4.69) is 25.3 Å². The number of alkyl halides is 3. The molecule has 1 aromatic carbocycles. The highest BCUT2D eigenvalue weighted by atomic mass is 35.5. The third kappa shape index (κ3) is 5.50. The number of nitrogens with zero attached hydrogens (tertiary/aromatic N) is 5. The predicted octanol–water partition coefficient (Wildman–Crippen LogP) is 3.83. The summed E-state index contributed by atoms with van der Waals surface area (Å²) >= 11 is 7.05. The van der Waals surface area contributed by atoms with Crippen LogP contribution in [0.25, 0.3) is 0 Å². The molecule has 0 aliphatic heterocycles. The SMILES string of the molecule is COC(=O)OC(C)OC(=Nc1nnnn1C)c1ccc(C(F)(F)F)c(SC)c1Cl. The highest BCUT2D eigenvalue weighted by Gasteiger charge is 2.35. The number of hydrogen-bond acceptors (Lipinski definition) is 9. The van der Waals surface area contributed by atoms with Crippen molar-refractivity contribution in [2.24, 2.45) is 12.0 Å². The molecular weight excluding hydrogens is 439 g/mol. The molecule has 0 amide bonds. The lowest BCUT2D eigenvalue weighted by Gasteiger charge is -2.19. The van der Waals surface area contributed by atoms with E-state index in [1.807, 2.05) is 0 Å². The van der Waals surface area contributed by atoms with Gasteiger partial charge in [0.05, 0.1) is 23.3 Å². The van der Waals surface area contributed by atoms with Crippen LogP contribution in [0.3, 0.4) is 0 Å². The van der Waals surface area contributed by atoms with Crippen molar-refractivity contribution in [3.8, 4) is 0 Å². The number of carbonyl (C=O) groups excluding carboxylic acids is 1. The summed E-state index contributed by atoms with van der Waals surface area (Å²) in [4.78, 5) is 15.2. The first-order chi connectivity index (χ1) is 13.6. The molecule has 14 heteroatoms. The zero-order valence-corrected chi connectivity index (χ0v) is 17.1. The van der Waals surface area contributed by atoms with Crippen molar-refractivity contribution in [3.63, 3.8) is 0 Å². The average Bonchev–Trinajstić information content (AvgIpc) is 3.04. The molecule has 0 aliphatic rings. The van der Waals surface area contributed by atoms with Crippen molar-refractivity contribution >= 4 is 41.4 Å². The third-order valence-corrected chi connectivity index (χ3v) is 4.68. The Labute approximate surface area is 172 Å². The first-order valence-corrected chi connectivity index (χ1v) is 9.35. The topological polar surface area (TPSA) is 101 Å². The molecule has 9 nitrogen and oxygen atoms in total. The van der Waals surface area contributed by atoms with Crippen LogP contribution in [0, 0.1) is 0 Å². The summed E-state index contributed by atoms with van der Waals surface area (Å²) in [5, 5.41) is 10.5. The molecule has 2 aromatic rings. The Morgan fingerprint density at radius 3 is 2.55 bits per heavy atom. The fourth-order valence-electron chi connectivity index (χ4n) is 2.07. The van der Waals surface area contributed by atoms with Gasteiger partial charge in [-0.3, -0.25) is 0 Å². The molecule has 0 fully saturated rings. The highest BCUT2D eigenvalue weighted by Crippen LogP contribution is 2.41. The van der Waals surface area contributed by atoms with E-state index in [-0.39, 0.29) is 27.3 Å². The Morgan fingerprint density at radius 1 is 1.34 bits per heavy atom. The van der Waals surface area contributed by atoms with Gasteiger partial charge in [-0.25, -0.2) is 9.48 Å². The minimum atomic E-state index is -4.60. The van der Waals surface area contributed by atoms with E-state index in [0.29, 0.717) is 0 Å². The smallest absolute Gasteiger partial charge is 0.438 e. The van der Waals surface area contributed by atoms with E-state index in [1.54, 1.807) is 0 Å². The van der Waals surface area contributed by atoms with E-state index >= 15 is 0 Å². The number of hydrogen-bond donors (Lipinski definition) is 0. The normalized spacial score (nSPS) is 13.2. The van der Waals surface area contributed by atoms with E-state index in [4.69, 9.17) is 21.1 Å². The van der Waals surface area contributed by atoms with Gasteiger partial charge in [-0.15, -0.1) is 11.8 Å². The number of tetrazole rings is 1. The first-order valence-electron chi connectivity index (χ1n) is 7.74. The number of aliphatic imine (C=N–C) groups is 1. The summed E-state index contributed by atoms with van der Waals surface area (Å²) < 4.78 is 55.7. The zero-order chi connectivity index (χ0) is 21.8. The average molecular weight is 454 g/mol. The summed E-state index contributed by atoms with van der Waals surface area (Å²) in [7, 11) is 2.60. The monoisotopic (exact) mass is 453 g/mol. The third-order valence-electron chi connectivity index (χ3n) is 3.34. The van der Waals surface area contributed by atoms with Gasteiger partial charge in [-0.05, 0) is 28.8 Å². The van der Waals surface area contributed by atoms with Gasteiger partial charge in [0, 0.05) is 18.9 Å². The van der Waals surface area contributed by atoms with Crippen molar-refractivity contribution < 1.29 is 32.2 Å². The zero-order valence-electron chi connectivity index (χ0n) is 15.5. The van der Waals surface area contributed by atoms with Gasteiger partial charge in [-0.1, -0.05) is 16.7 Å². The van der Waals surface area contributed by atoms with Gasteiger partial charge in [0.2, 0.25) is 12.2 Å². The summed E-state index contributed by atoms with van der Waals surface area (Å²) in [5.41, 5.74) is -0.885. The number of methoxy groups -OCH3 is 1. The minimum Gasteiger partial charge on any atom is -0.438 e. The van der Waals surface area contributed by atoms with E-state index in [9.17, 15) is 18.0 Å². The molecule has 29 heavy (non-hydrogen) atoms. The summed E-state index contributed by atoms with van der Waals surface area (Å²) in [5.74, 6) is -0.278. The molecule has 0 saturated heterocycles. The second kappa shape index (κ2) is 9.31. The number of carbonyl (C=O) groups is 1. The van der Waals surface area contributed by atoms with E-state index < -0.39 is 24.2 Å². The molecular formula is C15H15ClF3N5O4S. The Kier molecular flexibility index (Phi) is 7.30. The lowest BCUT2D eigenvalue weighted by Crippen LogP contribution is -2.23. The lowest BCUT2D eigenvalue weighted by atomic mass is 10.1. The molecule has 0 spiro atoms. The largest absolute Gasteiger partial charge is 0.511 e. The Morgan fingerprint density at radius 2 is 2.03 bits per heavy atom. The summed E-state index contributed by atoms with van der Waals surface area (Å²) in [6.07, 6.45) is -5.39. The second-order valence-corrected chi connectivity index (χ2v) is 6.48. The molecule has 1 unspecified atom stereocenters. The quantitative estimate of drug-likeness (QED) is 0.221. The Balaban J connectivity index is 2.55. The van der Waals surface area contributed by atoms with Crippen LogP contribution in [0.2, 0.25) is 5.02 Å². The van der Waals surface area contributed by atoms with Crippen LogP contribution in [0.15, 0.2) is 22.0 Å². The summed E-state index contributed by atoms with van der Waals surface area (Å²) in [6, 6.07) is 1.95. The molecule has 1 atom stereocenters. The van der Waals surface area contributed by atoms with Gasteiger partial charge in [-0.2, -0.15) is 18.2 Å². The van der Waals surface area contributed by atoms with Gasteiger partial charge in [0.25, 0.3) is 5.95 Å². The molecule has 2 rings (SSSR count). The lowest BCUT2D eigenvalue weighted by molar-refractivity contribution is -0.139. The molecule has 0 radical (unpaired) electrons. The van der Waals surface area contributed by atoms with Crippen LogP contribution in [0.1, 0.15) is 18.1 Å². The number of aryl methyl sites for hydroxylation is 1. The Bertz CT molecular complexity index is 922. The number of benzene rings is 1. The first kappa shape index (κ1) is 22.7. The van der Waals surface area contributed by atoms with Crippen LogP contribution in [0.5, 0.6) is 0 Å². The fraction of sp³-hybridized carbons (Fsp3) is 0.400. The molecule has 0 saturated carbocycles. The maximum absolute atomic E-state index is 13.3. The van der Waals surface area contributed by atoms with E-state index in [1.165, 1.54) is 24.9 Å². The van der Waals surface area contributed by atoms with Crippen LogP contribution < -0.4 is 0 Å². The molecule has 1 aromatic heterocycles. The van der Waals surface area contributed by atoms with Crippen LogP contribution >= 0.6 is 23.4 Å². The van der Waals surface area contributed by atoms with Crippen molar-refractivity contribution in [3.05, 3.63) is 28.3 Å². The van der Waals surface area contributed by atoms with Gasteiger partial charge < -0.3 is 14.2 Å². The van der Waals surface area contributed by atoms with Crippen molar-refractivity contribution in [1.29, 1.82) is 0 Å². The van der Waals surface area contributed by atoms with Crippen molar-refractivity contribution in [2.75, 3.05) is 13.4 Å². The number of aromatic nitrogens is 4. The molecule has 158 valence electrons. The predicted molar refractivity (Wildman–Crippen MR) is 97.3 cm³/mol. The van der Waals surface area contributed by atoms with Gasteiger partial charge in [0.1, 0.15) is 0 Å². The van der Waals surface area contributed by atoms with Crippen molar-refractivity contribution in [1.82, 2.24) is 20.2 Å². The van der Waals surface area contributed by atoms with E-state index in [0.717, 1.165) is 31.0 Å². The number of thioether (sulfide) groups is 1.